The van der Waals surface area contributed by atoms with Gasteiger partial charge in [-0.15, -0.1) is 0 Å². The molecule has 0 aromatic heterocycles. The third-order valence-electron chi connectivity index (χ3n) is 5.68. The fourth-order valence-electron chi connectivity index (χ4n) is 3.78. The molecule has 7 nitrogen and oxygen atoms in total. The number of carbonyl (C=O) groups is 1. The summed E-state index contributed by atoms with van der Waals surface area (Å²) in [6, 6.07) is 5.61. The molecule has 0 saturated heterocycles. The van der Waals surface area contributed by atoms with Gasteiger partial charge in [0.2, 0.25) is 5.78 Å². The van der Waals surface area contributed by atoms with Crippen LogP contribution in [-0.4, -0.2) is 39.4 Å². The number of ether oxygens (including phenoxy) is 2. The van der Waals surface area contributed by atoms with E-state index in [1.807, 2.05) is 26.8 Å². The van der Waals surface area contributed by atoms with Gasteiger partial charge in [-0.3, -0.25) is 4.79 Å². The summed E-state index contributed by atoms with van der Waals surface area (Å²) < 4.78 is 10.9. The highest BCUT2D eigenvalue weighted by molar-refractivity contribution is 6.06. The number of aliphatic hydroxyl groups excluding tert-OH is 1. The highest BCUT2D eigenvalue weighted by Crippen LogP contribution is 2.45. The Morgan fingerprint density at radius 1 is 1.09 bits per heavy atom. The molecule has 0 saturated carbocycles. The van der Waals surface area contributed by atoms with E-state index >= 15 is 0 Å². The van der Waals surface area contributed by atoms with Crippen molar-refractivity contribution in [2.45, 2.75) is 52.2 Å². The normalized spacial score (nSPS) is 17.8. The van der Waals surface area contributed by atoms with Crippen LogP contribution in [0.25, 0.3) is 0 Å². The van der Waals surface area contributed by atoms with E-state index in [1.54, 1.807) is 0 Å². The first-order chi connectivity index (χ1) is 15.6. The lowest BCUT2D eigenvalue weighted by Crippen LogP contribution is -2.36. The van der Waals surface area contributed by atoms with Crippen LogP contribution >= 0.6 is 0 Å². The summed E-state index contributed by atoms with van der Waals surface area (Å²) in [5.74, 6) is -1.27. The number of benzene rings is 2. The summed E-state index contributed by atoms with van der Waals surface area (Å²) in [6.07, 6.45) is 3.33. The minimum atomic E-state index is -1.59. The molecule has 1 aliphatic heterocycles. The van der Waals surface area contributed by atoms with E-state index in [0.717, 1.165) is 18.4 Å². The topological polar surface area (TPSA) is 116 Å². The minimum absolute atomic E-state index is 0.0228. The van der Waals surface area contributed by atoms with Gasteiger partial charge in [-0.2, -0.15) is 0 Å². The molecule has 2 aromatic rings. The Balaban J connectivity index is 1.90. The van der Waals surface area contributed by atoms with E-state index in [9.17, 15) is 25.2 Å². The zero-order valence-electron chi connectivity index (χ0n) is 19.3. The number of hydrogen-bond acceptors (Lipinski definition) is 7. The van der Waals surface area contributed by atoms with Gasteiger partial charge in [0.25, 0.3) is 0 Å². The summed E-state index contributed by atoms with van der Waals surface area (Å²) in [7, 11) is 1.38. The first kappa shape index (κ1) is 24.2. The molecule has 0 spiro atoms. The van der Waals surface area contributed by atoms with Crippen LogP contribution < -0.4 is 9.47 Å². The molecule has 176 valence electrons. The Hall–Kier alpha value is -3.45. The molecule has 1 unspecified atom stereocenters. The monoisotopic (exact) mass is 454 g/mol. The molecule has 0 amide bonds. The van der Waals surface area contributed by atoms with Gasteiger partial charge in [0.1, 0.15) is 22.8 Å². The molecular weight excluding hydrogens is 424 g/mol. The van der Waals surface area contributed by atoms with Gasteiger partial charge in [-0.25, -0.2) is 0 Å². The van der Waals surface area contributed by atoms with Crippen molar-refractivity contribution in [1.29, 1.82) is 0 Å². The Bertz CT molecular complexity index is 1110. The van der Waals surface area contributed by atoms with E-state index in [-0.39, 0.29) is 40.5 Å². The lowest BCUT2D eigenvalue weighted by atomic mass is 9.90. The van der Waals surface area contributed by atoms with Crippen LogP contribution in [0.2, 0.25) is 0 Å². The number of phenols is 3. The van der Waals surface area contributed by atoms with Crippen LogP contribution in [0.4, 0.5) is 0 Å². The van der Waals surface area contributed by atoms with Crippen molar-refractivity contribution >= 4 is 5.78 Å². The lowest BCUT2D eigenvalue weighted by molar-refractivity contribution is 0.0209. The molecule has 1 aliphatic rings. The summed E-state index contributed by atoms with van der Waals surface area (Å²) in [5, 5.41) is 41.8. The van der Waals surface area contributed by atoms with Gasteiger partial charge in [0, 0.05) is 11.6 Å². The maximum atomic E-state index is 13.0. The number of hydrogen-bond donors (Lipinski definition) is 4. The van der Waals surface area contributed by atoms with Crippen molar-refractivity contribution in [1.82, 2.24) is 0 Å². The number of allylic oxidation sites excluding steroid dienone is 4. The fraction of sp³-hybridized carbons (Fsp3) is 0.346. The Labute approximate surface area is 193 Å². The molecule has 33 heavy (non-hydrogen) atoms. The Kier molecular flexibility index (Phi) is 7.33. The number of rotatable bonds is 7. The van der Waals surface area contributed by atoms with Crippen LogP contribution in [0, 0.1) is 0 Å². The van der Waals surface area contributed by atoms with Gasteiger partial charge >= 0.3 is 0 Å². The van der Waals surface area contributed by atoms with E-state index in [2.05, 4.69) is 6.08 Å². The van der Waals surface area contributed by atoms with Gasteiger partial charge in [-0.05, 0) is 57.7 Å². The van der Waals surface area contributed by atoms with Crippen LogP contribution in [0.1, 0.15) is 61.2 Å². The number of carbonyl (C=O) groups excluding carboxylic acids is 1. The summed E-state index contributed by atoms with van der Waals surface area (Å²) in [6.45, 7) is 6.05. The maximum Gasteiger partial charge on any atom is 0.202 e. The molecule has 0 bridgehead atoms. The highest BCUT2D eigenvalue weighted by atomic mass is 16.5. The second-order valence-electron chi connectivity index (χ2n) is 8.45. The molecule has 2 atom stereocenters. The maximum absolute atomic E-state index is 13.0. The standard InChI is InChI=1S/C26H30O7/c1-14(2)6-5-7-15(3)8-10-17-19(28)13-21-22(23(17)29)24(30)25(31)26(33-21)16-9-11-18(27)20(12-16)32-4/h6,8-9,11-13,25-29,31H,5,7,10H2,1-4H3/b15-8+/t25-,26?/m0/s1. The number of methoxy groups -OCH3 is 1. The molecule has 2 aromatic carbocycles. The first-order valence-electron chi connectivity index (χ1n) is 10.8. The SMILES string of the molecule is COc1cc(C2Oc3cc(O)c(C/C=C(\C)CCC=C(C)C)c(O)c3C(=O)[C@@H]2O)ccc1O. The third-order valence-corrected chi connectivity index (χ3v) is 5.68. The molecule has 0 fully saturated rings. The van der Waals surface area contributed by atoms with Crippen molar-refractivity contribution in [2.75, 3.05) is 7.11 Å². The summed E-state index contributed by atoms with van der Waals surface area (Å²) in [4.78, 5) is 13.0. The van der Waals surface area contributed by atoms with E-state index in [4.69, 9.17) is 9.47 Å². The predicted molar refractivity (Wildman–Crippen MR) is 124 cm³/mol. The summed E-state index contributed by atoms with van der Waals surface area (Å²) >= 11 is 0. The minimum Gasteiger partial charge on any atom is -0.507 e. The van der Waals surface area contributed by atoms with E-state index in [0.29, 0.717) is 5.56 Å². The first-order valence-corrected chi connectivity index (χ1v) is 10.8. The third kappa shape index (κ3) is 5.14. The Morgan fingerprint density at radius 3 is 2.48 bits per heavy atom. The zero-order valence-corrected chi connectivity index (χ0v) is 19.3. The quantitative estimate of drug-likeness (QED) is 0.447. The average Bonchev–Trinajstić information content (AvgIpc) is 2.76. The molecule has 0 radical (unpaired) electrons. The molecule has 0 aliphatic carbocycles. The highest BCUT2D eigenvalue weighted by Gasteiger charge is 2.40. The van der Waals surface area contributed by atoms with Crippen LogP contribution in [-0.2, 0) is 6.42 Å². The van der Waals surface area contributed by atoms with Crippen molar-refractivity contribution in [3.63, 3.8) is 0 Å². The van der Waals surface area contributed by atoms with Crippen molar-refractivity contribution in [3.8, 4) is 28.7 Å². The number of phenolic OH excluding ortho intramolecular Hbond substituents is 3. The van der Waals surface area contributed by atoms with Crippen LogP contribution in [0.3, 0.4) is 0 Å². The average molecular weight is 455 g/mol. The molecule has 4 N–H and O–H groups in total. The number of fused-ring (bicyclic) bond motifs is 1. The number of ketones is 1. The molecule has 3 rings (SSSR count). The largest absolute Gasteiger partial charge is 0.507 e. The lowest BCUT2D eigenvalue weighted by Gasteiger charge is -2.31. The van der Waals surface area contributed by atoms with Crippen molar-refractivity contribution in [2.24, 2.45) is 0 Å². The second kappa shape index (κ2) is 10.0. The van der Waals surface area contributed by atoms with E-state index in [1.165, 1.54) is 36.9 Å². The summed E-state index contributed by atoms with van der Waals surface area (Å²) in [5.41, 5.74) is 2.77. The predicted octanol–water partition coefficient (Wildman–Crippen LogP) is 4.72. The molecule has 1 heterocycles. The fourth-order valence-corrected chi connectivity index (χ4v) is 3.78. The van der Waals surface area contributed by atoms with Crippen LogP contribution in [0.15, 0.2) is 47.6 Å². The van der Waals surface area contributed by atoms with Crippen LogP contribution in [0.5, 0.6) is 28.7 Å². The zero-order chi connectivity index (χ0) is 24.3. The number of aromatic hydroxyl groups is 3. The second-order valence-corrected chi connectivity index (χ2v) is 8.45. The Morgan fingerprint density at radius 2 is 1.82 bits per heavy atom. The van der Waals surface area contributed by atoms with Gasteiger partial charge in [0.15, 0.2) is 23.7 Å². The van der Waals surface area contributed by atoms with Gasteiger partial charge in [-0.1, -0.05) is 29.4 Å². The van der Waals surface area contributed by atoms with Gasteiger partial charge < -0.3 is 29.9 Å². The number of aliphatic hydroxyl groups is 1. The molecule has 7 heteroatoms. The van der Waals surface area contributed by atoms with E-state index < -0.39 is 23.7 Å². The van der Waals surface area contributed by atoms with Crippen molar-refractivity contribution < 1.29 is 34.7 Å². The van der Waals surface area contributed by atoms with Gasteiger partial charge in [0.05, 0.1) is 7.11 Å². The van der Waals surface area contributed by atoms with Crippen molar-refractivity contribution in [3.05, 3.63) is 64.3 Å². The smallest absolute Gasteiger partial charge is 0.202 e. The number of Topliss-reactive ketones (excluding diaryl/α,β-unsaturated/α-hetero) is 1. The molecular formula is C26H30O7.